The van der Waals surface area contributed by atoms with Gasteiger partial charge in [-0.05, 0) is 11.1 Å². The van der Waals surface area contributed by atoms with E-state index in [1.165, 1.54) is 9.80 Å². The summed E-state index contributed by atoms with van der Waals surface area (Å²) in [6, 6.07) is 6.36. The largest absolute Gasteiger partial charge is 0.480 e. The molecule has 2 rings (SSSR count). The van der Waals surface area contributed by atoms with E-state index in [0.717, 1.165) is 11.1 Å². The van der Waals surface area contributed by atoms with Crippen molar-refractivity contribution in [3.63, 3.8) is 0 Å². The second kappa shape index (κ2) is 5.66. The lowest BCUT2D eigenvalue weighted by Crippen LogP contribution is -2.52. The zero-order valence-electron chi connectivity index (χ0n) is 11.2. The minimum atomic E-state index is -0.998. The van der Waals surface area contributed by atoms with Crippen LogP contribution in [0, 0.1) is 12.3 Å². The minimum absolute atomic E-state index is 0.156. The maximum absolute atomic E-state index is 12.3. The van der Waals surface area contributed by atoms with Gasteiger partial charge in [-0.2, -0.15) is 0 Å². The monoisotopic (exact) mass is 272 g/mol. The first-order valence-electron chi connectivity index (χ1n) is 6.29. The Bertz CT molecular complexity index is 577. The van der Waals surface area contributed by atoms with Gasteiger partial charge in [0.05, 0.1) is 6.54 Å². The number of carbonyl (C=O) groups excluding carboxylic acids is 1. The molecule has 1 N–H and O–H groups in total. The van der Waals surface area contributed by atoms with Crippen LogP contribution in [0.4, 0.5) is 4.79 Å². The molecule has 0 aromatic heterocycles. The van der Waals surface area contributed by atoms with Gasteiger partial charge in [-0.15, -0.1) is 6.42 Å². The van der Waals surface area contributed by atoms with Gasteiger partial charge in [-0.1, -0.05) is 30.2 Å². The molecule has 0 bridgehead atoms. The number of nitrogens with zero attached hydrogens (tertiary/aromatic N) is 2. The van der Waals surface area contributed by atoms with Crippen LogP contribution >= 0.6 is 0 Å². The van der Waals surface area contributed by atoms with Crippen LogP contribution in [0.1, 0.15) is 11.1 Å². The first-order chi connectivity index (χ1) is 9.54. The van der Waals surface area contributed by atoms with E-state index < -0.39 is 12.0 Å². The SMILES string of the molecule is C#CCN(C)C(=O)N1Cc2ccccc2C[C@H]1C(=O)O. The van der Waals surface area contributed by atoms with Crippen LogP contribution in [-0.4, -0.2) is 46.5 Å². The molecule has 1 aliphatic heterocycles. The van der Waals surface area contributed by atoms with Gasteiger partial charge in [0.1, 0.15) is 6.04 Å². The van der Waals surface area contributed by atoms with E-state index in [1.807, 2.05) is 24.3 Å². The van der Waals surface area contributed by atoms with Crippen molar-refractivity contribution in [2.24, 2.45) is 0 Å². The highest BCUT2D eigenvalue weighted by Gasteiger charge is 2.35. The third-order valence-corrected chi connectivity index (χ3v) is 3.43. The zero-order chi connectivity index (χ0) is 14.7. The third kappa shape index (κ3) is 2.59. The summed E-state index contributed by atoms with van der Waals surface area (Å²) in [7, 11) is 1.57. The average Bonchev–Trinajstić information content (AvgIpc) is 2.45. The molecule has 5 heteroatoms. The number of amides is 2. The normalized spacial score (nSPS) is 17.0. The number of benzene rings is 1. The number of carboxylic acid groups (broad SMARTS) is 1. The van der Waals surface area contributed by atoms with Crippen LogP contribution < -0.4 is 0 Å². The van der Waals surface area contributed by atoms with Gasteiger partial charge in [-0.3, -0.25) is 0 Å². The van der Waals surface area contributed by atoms with E-state index in [-0.39, 0.29) is 12.6 Å². The van der Waals surface area contributed by atoms with E-state index >= 15 is 0 Å². The Hall–Kier alpha value is -2.48. The molecule has 104 valence electrons. The second-order valence-corrected chi connectivity index (χ2v) is 4.80. The molecule has 1 aliphatic rings. The van der Waals surface area contributed by atoms with E-state index in [4.69, 9.17) is 6.42 Å². The predicted molar refractivity (Wildman–Crippen MR) is 74.0 cm³/mol. The van der Waals surface area contributed by atoms with Crippen molar-refractivity contribution in [1.82, 2.24) is 9.80 Å². The van der Waals surface area contributed by atoms with Gasteiger partial charge in [0.2, 0.25) is 0 Å². The van der Waals surface area contributed by atoms with Crippen molar-refractivity contribution >= 4 is 12.0 Å². The summed E-state index contributed by atoms with van der Waals surface area (Å²) < 4.78 is 0. The summed E-state index contributed by atoms with van der Waals surface area (Å²) in [4.78, 5) is 26.4. The summed E-state index contributed by atoms with van der Waals surface area (Å²) in [5, 5.41) is 9.34. The van der Waals surface area contributed by atoms with Crippen LogP contribution in [0.25, 0.3) is 0 Å². The fourth-order valence-corrected chi connectivity index (χ4v) is 2.37. The molecule has 1 atom stereocenters. The standard InChI is InChI=1S/C15H16N2O3/c1-3-8-16(2)15(20)17-10-12-7-5-4-6-11(12)9-13(17)14(18)19/h1,4-7,13H,8-10H2,2H3,(H,18,19)/t13-/m0/s1. The summed E-state index contributed by atoms with van der Waals surface area (Å²) >= 11 is 0. The van der Waals surface area contributed by atoms with Gasteiger partial charge in [0.25, 0.3) is 0 Å². The first-order valence-corrected chi connectivity index (χ1v) is 6.29. The summed E-state index contributed by atoms with van der Waals surface area (Å²) in [6.07, 6.45) is 5.51. The van der Waals surface area contributed by atoms with Crippen molar-refractivity contribution in [2.75, 3.05) is 13.6 Å². The van der Waals surface area contributed by atoms with Gasteiger partial charge in [0.15, 0.2) is 0 Å². The van der Waals surface area contributed by atoms with Crippen molar-refractivity contribution in [2.45, 2.75) is 19.0 Å². The average molecular weight is 272 g/mol. The fourth-order valence-electron chi connectivity index (χ4n) is 2.37. The summed E-state index contributed by atoms with van der Waals surface area (Å²) in [5.41, 5.74) is 1.95. The van der Waals surface area contributed by atoms with Crippen LogP contribution in [0.5, 0.6) is 0 Å². The number of hydrogen-bond donors (Lipinski definition) is 1. The van der Waals surface area contributed by atoms with Crippen molar-refractivity contribution in [3.05, 3.63) is 35.4 Å². The molecule has 0 fully saturated rings. The number of hydrogen-bond acceptors (Lipinski definition) is 2. The van der Waals surface area contributed by atoms with Crippen molar-refractivity contribution in [1.29, 1.82) is 0 Å². The Balaban J connectivity index is 2.29. The van der Waals surface area contributed by atoms with Crippen molar-refractivity contribution < 1.29 is 14.7 Å². The smallest absolute Gasteiger partial charge is 0.326 e. The van der Waals surface area contributed by atoms with Gasteiger partial charge in [-0.25, -0.2) is 9.59 Å². The highest BCUT2D eigenvalue weighted by molar-refractivity contribution is 5.83. The number of carbonyl (C=O) groups is 2. The van der Waals surface area contributed by atoms with Crippen LogP contribution in [0.2, 0.25) is 0 Å². The molecule has 0 spiro atoms. The molecule has 20 heavy (non-hydrogen) atoms. The predicted octanol–water partition coefficient (Wildman–Crippen LogP) is 1.18. The molecular formula is C15H16N2O3. The molecule has 0 aliphatic carbocycles. The lowest BCUT2D eigenvalue weighted by atomic mass is 9.94. The van der Waals surface area contributed by atoms with Crippen molar-refractivity contribution in [3.8, 4) is 12.3 Å². The Kier molecular flexibility index (Phi) is 3.94. The fraction of sp³-hybridized carbons (Fsp3) is 0.333. The second-order valence-electron chi connectivity index (χ2n) is 4.80. The highest BCUT2D eigenvalue weighted by Crippen LogP contribution is 2.24. The molecule has 1 aromatic rings. The number of carboxylic acids is 1. The molecule has 0 radical (unpaired) electrons. The number of rotatable bonds is 2. The first kappa shape index (κ1) is 13.9. The minimum Gasteiger partial charge on any atom is -0.480 e. The van der Waals surface area contributed by atoms with Crippen LogP contribution in [0.15, 0.2) is 24.3 Å². The molecule has 0 unspecified atom stereocenters. The third-order valence-electron chi connectivity index (χ3n) is 3.43. The summed E-state index contributed by atoms with van der Waals surface area (Å²) in [6.45, 7) is 0.449. The number of aliphatic carboxylic acids is 1. The highest BCUT2D eigenvalue weighted by atomic mass is 16.4. The molecule has 2 amide bonds. The Morgan fingerprint density at radius 1 is 1.45 bits per heavy atom. The molecular weight excluding hydrogens is 256 g/mol. The summed E-state index contributed by atoms with van der Waals surface area (Å²) in [5.74, 6) is 1.38. The van der Waals surface area contributed by atoms with Gasteiger partial charge >= 0.3 is 12.0 Å². The van der Waals surface area contributed by atoms with E-state index in [0.29, 0.717) is 13.0 Å². The lowest BCUT2D eigenvalue weighted by molar-refractivity contribution is -0.142. The Morgan fingerprint density at radius 2 is 2.10 bits per heavy atom. The molecule has 0 saturated carbocycles. The molecule has 1 aromatic carbocycles. The van der Waals surface area contributed by atoms with Crippen LogP contribution in [0.3, 0.4) is 0 Å². The Morgan fingerprint density at radius 3 is 2.70 bits per heavy atom. The zero-order valence-corrected chi connectivity index (χ0v) is 11.2. The number of fused-ring (bicyclic) bond motifs is 1. The molecule has 0 saturated heterocycles. The van der Waals surface area contributed by atoms with E-state index in [9.17, 15) is 14.7 Å². The van der Waals surface area contributed by atoms with Gasteiger partial charge in [0, 0.05) is 20.0 Å². The molecule has 1 heterocycles. The lowest BCUT2D eigenvalue weighted by Gasteiger charge is -2.36. The maximum atomic E-state index is 12.3. The maximum Gasteiger partial charge on any atom is 0.326 e. The molecule has 5 nitrogen and oxygen atoms in total. The topological polar surface area (TPSA) is 60.9 Å². The van der Waals surface area contributed by atoms with E-state index in [1.54, 1.807) is 7.05 Å². The quantitative estimate of drug-likeness (QED) is 0.822. The number of urea groups is 1. The van der Waals surface area contributed by atoms with Gasteiger partial charge < -0.3 is 14.9 Å². The van der Waals surface area contributed by atoms with E-state index in [2.05, 4.69) is 5.92 Å². The number of terminal acetylenes is 1. The van der Waals surface area contributed by atoms with Crippen LogP contribution in [-0.2, 0) is 17.8 Å². The Labute approximate surface area is 117 Å².